The van der Waals surface area contributed by atoms with E-state index in [-0.39, 0.29) is 5.84 Å². The molecule has 0 aliphatic rings. The predicted molar refractivity (Wildman–Crippen MR) is 74.5 cm³/mol. The van der Waals surface area contributed by atoms with Gasteiger partial charge in [0.15, 0.2) is 5.84 Å². The summed E-state index contributed by atoms with van der Waals surface area (Å²) in [5.74, 6) is 0.0973. The van der Waals surface area contributed by atoms with E-state index in [0.717, 1.165) is 9.79 Å². The maximum Gasteiger partial charge on any atom is 0.171 e. The average Bonchev–Trinajstić information content (AvgIpc) is 2.38. The van der Waals surface area contributed by atoms with Crippen LogP contribution in [0.4, 0.5) is 0 Å². The topological polar surface area (TPSA) is 58.6 Å². The highest BCUT2D eigenvalue weighted by Crippen LogP contribution is 2.31. The van der Waals surface area contributed by atoms with Crippen molar-refractivity contribution in [3.05, 3.63) is 59.1 Å². The van der Waals surface area contributed by atoms with E-state index in [1.165, 1.54) is 11.8 Å². The van der Waals surface area contributed by atoms with Crippen molar-refractivity contribution in [2.24, 2.45) is 10.9 Å². The number of rotatable bonds is 3. The van der Waals surface area contributed by atoms with Crippen LogP contribution in [0.15, 0.2) is 63.5 Å². The zero-order valence-corrected chi connectivity index (χ0v) is 10.9. The first kappa shape index (κ1) is 12.8. The van der Waals surface area contributed by atoms with Gasteiger partial charge in [0.1, 0.15) is 0 Å². The van der Waals surface area contributed by atoms with Crippen LogP contribution in [0, 0.1) is 0 Å². The fourth-order valence-electron chi connectivity index (χ4n) is 1.48. The molecule has 0 saturated heterocycles. The van der Waals surface area contributed by atoms with Crippen molar-refractivity contribution in [3.8, 4) is 0 Å². The third kappa shape index (κ3) is 2.97. The van der Waals surface area contributed by atoms with Gasteiger partial charge >= 0.3 is 0 Å². The van der Waals surface area contributed by atoms with Gasteiger partial charge in [0, 0.05) is 20.4 Å². The van der Waals surface area contributed by atoms with Crippen molar-refractivity contribution in [2.75, 3.05) is 0 Å². The minimum absolute atomic E-state index is 0.0973. The Bertz CT molecular complexity index is 587. The number of oxime groups is 1. The van der Waals surface area contributed by atoms with E-state index in [0.29, 0.717) is 10.6 Å². The van der Waals surface area contributed by atoms with Crippen molar-refractivity contribution >= 4 is 29.2 Å². The summed E-state index contributed by atoms with van der Waals surface area (Å²) >= 11 is 7.45. The molecule has 92 valence electrons. The van der Waals surface area contributed by atoms with E-state index in [4.69, 9.17) is 22.5 Å². The van der Waals surface area contributed by atoms with Gasteiger partial charge in [0.25, 0.3) is 0 Å². The van der Waals surface area contributed by atoms with E-state index in [2.05, 4.69) is 5.16 Å². The number of halogens is 1. The molecule has 3 N–H and O–H groups in total. The van der Waals surface area contributed by atoms with Gasteiger partial charge < -0.3 is 10.9 Å². The highest BCUT2D eigenvalue weighted by atomic mass is 35.5. The number of nitrogens with two attached hydrogens (primary N) is 1. The summed E-state index contributed by atoms with van der Waals surface area (Å²) in [7, 11) is 0. The Labute approximate surface area is 114 Å². The Morgan fingerprint density at radius 2 is 1.94 bits per heavy atom. The van der Waals surface area contributed by atoms with Gasteiger partial charge in [0.2, 0.25) is 0 Å². The molecule has 0 heterocycles. The molecule has 0 saturated carbocycles. The monoisotopic (exact) mass is 278 g/mol. The van der Waals surface area contributed by atoms with Gasteiger partial charge in [-0.15, -0.1) is 0 Å². The SMILES string of the molecule is NC(=NO)c1ccccc1Sc1cccc(Cl)c1. The fraction of sp³-hybridized carbons (Fsp3) is 0. The molecule has 2 aromatic rings. The summed E-state index contributed by atoms with van der Waals surface area (Å²) in [6.07, 6.45) is 0. The first-order valence-corrected chi connectivity index (χ1v) is 6.40. The lowest BCUT2D eigenvalue weighted by molar-refractivity contribution is 0.318. The number of nitrogens with zero attached hydrogens (tertiary/aromatic N) is 1. The molecule has 0 amide bonds. The third-order valence-electron chi connectivity index (χ3n) is 2.29. The average molecular weight is 279 g/mol. The molecule has 5 heteroatoms. The number of benzene rings is 2. The Morgan fingerprint density at radius 1 is 1.17 bits per heavy atom. The molecule has 0 atom stereocenters. The van der Waals surface area contributed by atoms with Gasteiger partial charge in [-0.25, -0.2) is 0 Å². The molecule has 0 spiro atoms. The second kappa shape index (κ2) is 5.80. The van der Waals surface area contributed by atoms with E-state index in [1.54, 1.807) is 0 Å². The highest BCUT2D eigenvalue weighted by Gasteiger charge is 2.07. The summed E-state index contributed by atoms with van der Waals surface area (Å²) in [4.78, 5) is 1.91. The van der Waals surface area contributed by atoms with Crippen molar-refractivity contribution in [2.45, 2.75) is 9.79 Å². The summed E-state index contributed by atoms with van der Waals surface area (Å²) in [5.41, 5.74) is 6.34. The lowest BCUT2D eigenvalue weighted by Crippen LogP contribution is -2.13. The van der Waals surface area contributed by atoms with Crippen molar-refractivity contribution < 1.29 is 5.21 Å². The van der Waals surface area contributed by atoms with Gasteiger partial charge in [-0.3, -0.25) is 0 Å². The molecule has 2 aromatic carbocycles. The summed E-state index contributed by atoms with van der Waals surface area (Å²) in [6.45, 7) is 0. The van der Waals surface area contributed by atoms with Crippen LogP contribution in [-0.4, -0.2) is 11.0 Å². The Hall–Kier alpha value is -1.65. The second-order valence-electron chi connectivity index (χ2n) is 3.54. The van der Waals surface area contributed by atoms with Crippen molar-refractivity contribution in [3.63, 3.8) is 0 Å². The van der Waals surface area contributed by atoms with Crippen LogP contribution >= 0.6 is 23.4 Å². The van der Waals surface area contributed by atoms with E-state index < -0.39 is 0 Å². The number of hydrogen-bond donors (Lipinski definition) is 2. The van der Waals surface area contributed by atoms with E-state index in [1.807, 2.05) is 48.5 Å². The van der Waals surface area contributed by atoms with Gasteiger partial charge in [-0.05, 0) is 24.3 Å². The summed E-state index contributed by atoms with van der Waals surface area (Å²) < 4.78 is 0. The molecule has 0 aliphatic carbocycles. The normalized spacial score (nSPS) is 11.5. The van der Waals surface area contributed by atoms with Crippen LogP contribution in [0.3, 0.4) is 0 Å². The standard InChI is InChI=1S/C13H11ClN2OS/c14-9-4-3-5-10(8-9)18-12-7-2-1-6-11(12)13(15)16-17/h1-8,17H,(H2,15,16). The second-order valence-corrected chi connectivity index (χ2v) is 5.09. The summed E-state index contributed by atoms with van der Waals surface area (Å²) in [6, 6.07) is 15.0. The first-order chi connectivity index (χ1) is 8.70. The number of amidine groups is 1. The Morgan fingerprint density at radius 3 is 2.67 bits per heavy atom. The zero-order chi connectivity index (χ0) is 13.0. The molecule has 0 fully saturated rings. The minimum atomic E-state index is 0.0973. The fourth-order valence-corrected chi connectivity index (χ4v) is 2.75. The minimum Gasteiger partial charge on any atom is -0.409 e. The van der Waals surface area contributed by atoms with Gasteiger partial charge in [-0.1, -0.05) is 52.8 Å². The molecular formula is C13H11ClN2OS. The quantitative estimate of drug-likeness (QED) is 0.390. The smallest absolute Gasteiger partial charge is 0.171 e. The van der Waals surface area contributed by atoms with Crippen LogP contribution in [0.1, 0.15) is 5.56 Å². The molecule has 0 unspecified atom stereocenters. The van der Waals surface area contributed by atoms with Crippen LogP contribution in [0.5, 0.6) is 0 Å². The molecule has 2 rings (SSSR count). The van der Waals surface area contributed by atoms with E-state index >= 15 is 0 Å². The highest BCUT2D eigenvalue weighted by molar-refractivity contribution is 7.99. The van der Waals surface area contributed by atoms with Crippen LogP contribution in [-0.2, 0) is 0 Å². The lowest BCUT2D eigenvalue weighted by Gasteiger charge is -2.07. The van der Waals surface area contributed by atoms with Crippen molar-refractivity contribution in [1.82, 2.24) is 0 Å². The van der Waals surface area contributed by atoms with Gasteiger partial charge in [0.05, 0.1) is 0 Å². The first-order valence-electron chi connectivity index (χ1n) is 5.21. The molecule has 0 aliphatic heterocycles. The lowest BCUT2D eigenvalue weighted by atomic mass is 10.2. The van der Waals surface area contributed by atoms with Gasteiger partial charge in [-0.2, -0.15) is 0 Å². The van der Waals surface area contributed by atoms with E-state index in [9.17, 15) is 0 Å². The molecular weight excluding hydrogens is 268 g/mol. The largest absolute Gasteiger partial charge is 0.409 e. The van der Waals surface area contributed by atoms with Crippen LogP contribution in [0.25, 0.3) is 0 Å². The third-order valence-corrected chi connectivity index (χ3v) is 3.60. The van der Waals surface area contributed by atoms with Crippen LogP contribution < -0.4 is 5.73 Å². The Kier molecular flexibility index (Phi) is 4.12. The molecule has 3 nitrogen and oxygen atoms in total. The maximum atomic E-state index is 8.76. The molecule has 0 radical (unpaired) electrons. The molecule has 0 aromatic heterocycles. The molecule has 0 bridgehead atoms. The van der Waals surface area contributed by atoms with Crippen molar-refractivity contribution in [1.29, 1.82) is 0 Å². The summed E-state index contributed by atoms with van der Waals surface area (Å²) in [5, 5.41) is 12.5. The molecule has 18 heavy (non-hydrogen) atoms. The number of hydrogen-bond acceptors (Lipinski definition) is 3. The predicted octanol–water partition coefficient (Wildman–Crippen LogP) is 3.59. The maximum absolute atomic E-state index is 8.76. The zero-order valence-electron chi connectivity index (χ0n) is 9.38. The van der Waals surface area contributed by atoms with Crippen LogP contribution in [0.2, 0.25) is 5.02 Å². The Balaban J connectivity index is 2.35.